The first-order valence-electron chi connectivity index (χ1n) is 6.21. The van der Waals surface area contributed by atoms with E-state index in [4.69, 9.17) is 9.84 Å². The second-order valence-corrected chi connectivity index (χ2v) is 4.32. The standard InChI is InChI=1S/C14H23NO2/c1-4-15-13(10-16)7-8-17-14-6-5-11(2)12(3)9-14/h5-6,9,13,15-16H,4,7-8,10H2,1-3H3. The largest absolute Gasteiger partial charge is 0.494 e. The normalized spacial score (nSPS) is 12.5. The van der Waals surface area contributed by atoms with E-state index in [-0.39, 0.29) is 12.6 Å². The van der Waals surface area contributed by atoms with Crippen molar-refractivity contribution in [3.05, 3.63) is 29.3 Å². The van der Waals surface area contributed by atoms with Gasteiger partial charge in [0.25, 0.3) is 0 Å². The van der Waals surface area contributed by atoms with Gasteiger partial charge < -0.3 is 15.2 Å². The maximum Gasteiger partial charge on any atom is 0.119 e. The summed E-state index contributed by atoms with van der Waals surface area (Å²) in [5.41, 5.74) is 2.52. The number of benzene rings is 1. The first-order valence-corrected chi connectivity index (χ1v) is 6.21. The number of nitrogens with one attached hydrogen (secondary N) is 1. The van der Waals surface area contributed by atoms with Crippen molar-refractivity contribution < 1.29 is 9.84 Å². The Labute approximate surface area is 104 Å². The number of likely N-dealkylation sites (N-methyl/N-ethyl adjacent to an activating group) is 1. The van der Waals surface area contributed by atoms with Crippen LogP contribution in [0.25, 0.3) is 0 Å². The molecule has 96 valence electrons. The Bertz CT molecular complexity index is 339. The average molecular weight is 237 g/mol. The molecule has 0 aliphatic rings. The second kappa shape index (κ2) is 7.30. The van der Waals surface area contributed by atoms with Crippen LogP contribution in [0, 0.1) is 13.8 Å². The molecule has 0 saturated heterocycles. The van der Waals surface area contributed by atoms with Crippen LogP contribution < -0.4 is 10.1 Å². The lowest BCUT2D eigenvalue weighted by Gasteiger charge is -2.15. The molecule has 0 amide bonds. The van der Waals surface area contributed by atoms with Gasteiger partial charge in [-0.25, -0.2) is 0 Å². The molecule has 2 N–H and O–H groups in total. The minimum absolute atomic E-state index is 0.131. The van der Waals surface area contributed by atoms with Gasteiger partial charge in [0.15, 0.2) is 0 Å². The molecular weight excluding hydrogens is 214 g/mol. The predicted molar refractivity (Wildman–Crippen MR) is 70.6 cm³/mol. The zero-order chi connectivity index (χ0) is 12.7. The van der Waals surface area contributed by atoms with Crippen molar-refractivity contribution in [2.75, 3.05) is 19.8 Å². The van der Waals surface area contributed by atoms with Gasteiger partial charge in [0, 0.05) is 6.04 Å². The molecule has 0 aliphatic carbocycles. The van der Waals surface area contributed by atoms with Gasteiger partial charge in [-0.05, 0) is 50.1 Å². The third-order valence-corrected chi connectivity index (χ3v) is 2.93. The number of hydrogen-bond donors (Lipinski definition) is 2. The van der Waals surface area contributed by atoms with E-state index >= 15 is 0 Å². The molecule has 1 rings (SSSR count). The van der Waals surface area contributed by atoms with Gasteiger partial charge >= 0.3 is 0 Å². The SMILES string of the molecule is CCNC(CO)CCOc1ccc(C)c(C)c1. The fraction of sp³-hybridized carbons (Fsp3) is 0.571. The second-order valence-electron chi connectivity index (χ2n) is 4.32. The average Bonchev–Trinajstić information content (AvgIpc) is 2.32. The summed E-state index contributed by atoms with van der Waals surface area (Å²) in [6.07, 6.45) is 0.817. The molecule has 0 heterocycles. The summed E-state index contributed by atoms with van der Waals surface area (Å²) in [5, 5.41) is 12.3. The van der Waals surface area contributed by atoms with Crippen molar-refractivity contribution in [2.24, 2.45) is 0 Å². The van der Waals surface area contributed by atoms with Crippen LogP contribution in [0.1, 0.15) is 24.5 Å². The van der Waals surface area contributed by atoms with Gasteiger partial charge in [0.05, 0.1) is 13.2 Å². The Hall–Kier alpha value is -1.06. The summed E-state index contributed by atoms with van der Waals surface area (Å²) in [7, 11) is 0. The number of aliphatic hydroxyl groups is 1. The van der Waals surface area contributed by atoms with E-state index in [2.05, 4.69) is 31.3 Å². The summed E-state index contributed by atoms with van der Waals surface area (Å²) < 4.78 is 5.67. The Morgan fingerprint density at radius 1 is 1.29 bits per heavy atom. The molecule has 0 aliphatic heterocycles. The molecule has 3 nitrogen and oxygen atoms in total. The maximum atomic E-state index is 9.12. The summed E-state index contributed by atoms with van der Waals surface area (Å²) in [6.45, 7) is 7.86. The van der Waals surface area contributed by atoms with Crippen molar-refractivity contribution >= 4 is 0 Å². The van der Waals surface area contributed by atoms with Crippen LogP contribution in [0.4, 0.5) is 0 Å². The molecule has 1 aromatic carbocycles. The molecule has 0 radical (unpaired) electrons. The first kappa shape index (κ1) is 14.0. The number of hydrogen-bond acceptors (Lipinski definition) is 3. The Morgan fingerprint density at radius 2 is 2.06 bits per heavy atom. The minimum atomic E-state index is 0.131. The molecule has 0 saturated carbocycles. The molecule has 17 heavy (non-hydrogen) atoms. The first-order chi connectivity index (χ1) is 8.17. The van der Waals surface area contributed by atoms with E-state index in [9.17, 15) is 0 Å². The molecule has 3 heteroatoms. The molecule has 1 unspecified atom stereocenters. The van der Waals surface area contributed by atoms with Crippen molar-refractivity contribution in [3.8, 4) is 5.75 Å². The smallest absolute Gasteiger partial charge is 0.119 e. The highest BCUT2D eigenvalue weighted by molar-refractivity contribution is 5.33. The van der Waals surface area contributed by atoms with Crippen LogP contribution in [-0.4, -0.2) is 30.9 Å². The number of rotatable bonds is 7. The van der Waals surface area contributed by atoms with Crippen LogP contribution in [0.3, 0.4) is 0 Å². The summed E-state index contributed by atoms with van der Waals surface area (Å²) >= 11 is 0. The molecule has 0 bridgehead atoms. The summed E-state index contributed by atoms with van der Waals surface area (Å²) in [6, 6.07) is 6.24. The quantitative estimate of drug-likeness (QED) is 0.762. The molecule has 0 spiro atoms. The Kier molecular flexibility index (Phi) is 6.01. The van der Waals surface area contributed by atoms with E-state index in [1.54, 1.807) is 0 Å². The van der Waals surface area contributed by atoms with E-state index in [0.29, 0.717) is 6.61 Å². The van der Waals surface area contributed by atoms with Crippen LogP contribution >= 0.6 is 0 Å². The van der Waals surface area contributed by atoms with Gasteiger partial charge in [-0.15, -0.1) is 0 Å². The number of aliphatic hydroxyl groups excluding tert-OH is 1. The minimum Gasteiger partial charge on any atom is -0.494 e. The maximum absolute atomic E-state index is 9.12. The van der Waals surface area contributed by atoms with E-state index < -0.39 is 0 Å². The predicted octanol–water partition coefficient (Wildman–Crippen LogP) is 2.04. The van der Waals surface area contributed by atoms with Gasteiger partial charge in [0.2, 0.25) is 0 Å². The molecule has 1 atom stereocenters. The summed E-state index contributed by atoms with van der Waals surface area (Å²) in [5.74, 6) is 0.904. The van der Waals surface area contributed by atoms with Crippen LogP contribution in [0.2, 0.25) is 0 Å². The van der Waals surface area contributed by atoms with Crippen LogP contribution in [0.15, 0.2) is 18.2 Å². The highest BCUT2D eigenvalue weighted by atomic mass is 16.5. The molecule has 1 aromatic rings. The van der Waals surface area contributed by atoms with Crippen LogP contribution in [0.5, 0.6) is 5.75 Å². The van der Waals surface area contributed by atoms with E-state index in [1.165, 1.54) is 11.1 Å². The van der Waals surface area contributed by atoms with Crippen molar-refractivity contribution in [1.82, 2.24) is 5.32 Å². The van der Waals surface area contributed by atoms with Crippen molar-refractivity contribution in [1.29, 1.82) is 0 Å². The highest BCUT2D eigenvalue weighted by Gasteiger charge is 2.05. The molecule has 0 fully saturated rings. The fourth-order valence-electron chi connectivity index (χ4n) is 1.67. The van der Waals surface area contributed by atoms with Crippen molar-refractivity contribution in [2.45, 2.75) is 33.2 Å². The molecular formula is C14H23NO2. The zero-order valence-corrected chi connectivity index (χ0v) is 11.0. The van der Waals surface area contributed by atoms with Gasteiger partial charge in [0.1, 0.15) is 5.75 Å². The lowest BCUT2D eigenvalue weighted by molar-refractivity contribution is 0.210. The van der Waals surface area contributed by atoms with Gasteiger partial charge in [-0.1, -0.05) is 13.0 Å². The monoisotopic (exact) mass is 237 g/mol. The Balaban J connectivity index is 2.37. The lowest BCUT2D eigenvalue weighted by Crippen LogP contribution is -2.33. The van der Waals surface area contributed by atoms with Gasteiger partial charge in [-0.3, -0.25) is 0 Å². The fourth-order valence-corrected chi connectivity index (χ4v) is 1.67. The Morgan fingerprint density at radius 3 is 2.65 bits per heavy atom. The topological polar surface area (TPSA) is 41.5 Å². The van der Waals surface area contributed by atoms with Crippen molar-refractivity contribution in [3.63, 3.8) is 0 Å². The van der Waals surface area contributed by atoms with Gasteiger partial charge in [-0.2, -0.15) is 0 Å². The highest BCUT2D eigenvalue weighted by Crippen LogP contribution is 2.16. The lowest BCUT2D eigenvalue weighted by atomic mass is 10.1. The number of aryl methyl sites for hydroxylation is 2. The third-order valence-electron chi connectivity index (χ3n) is 2.93. The zero-order valence-electron chi connectivity index (χ0n) is 11.0. The van der Waals surface area contributed by atoms with E-state index in [1.807, 2.05) is 13.0 Å². The third kappa shape index (κ3) is 4.75. The van der Waals surface area contributed by atoms with Crippen LogP contribution in [-0.2, 0) is 0 Å². The summed E-state index contributed by atoms with van der Waals surface area (Å²) in [4.78, 5) is 0. The molecule has 0 aromatic heterocycles. The van der Waals surface area contributed by atoms with E-state index in [0.717, 1.165) is 18.7 Å². The number of ether oxygens (including phenoxy) is 1.